The molecule has 0 saturated heterocycles. The summed E-state index contributed by atoms with van der Waals surface area (Å²) in [7, 11) is -3.40. The molecule has 1 rings (SSSR count). The lowest BCUT2D eigenvalue weighted by atomic mass is 10.0. The zero-order valence-electron chi connectivity index (χ0n) is 19.4. The first kappa shape index (κ1) is 27.2. The van der Waals surface area contributed by atoms with Crippen LogP contribution in [0, 0.1) is 22.7 Å². The quantitative estimate of drug-likeness (QED) is 0.220. The van der Waals surface area contributed by atoms with Crippen LogP contribution >= 0.6 is 0 Å². The fraction of sp³-hybridized carbons (Fsp3) is 0.692. The number of unbranched alkanes of at least 4 members (excludes halogenated alkanes) is 15. The van der Waals surface area contributed by atoms with Crippen molar-refractivity contribution in [1.29, 1.82) is 10.5 Å². The molecule has 0 aromatic heterocycles. The fourth-order valence-electron chi connectivity index (χ4n) is 3.86. The minimum absolute atomic E-state index is 0.0994. The second kappa shape index (κ2) is 16.8. The average Bonchev–Trinajstić information content (AvgIpc) is 2.78. The van der Waals surface area contributed by atoms with Crippen LogP contribution in [0.2, 0.25) is 0 Å². The minimum atomic E-state index is -3.40. The molecule has 0 amide bonds. The maximum Gasteiger partial charge on any atom is 0.178 e. The Bertz CT molecular complexity index is 804. The van der Waals surface area contributed by atoms with E-state index in [9.17, 15) is 8.42 Å². The van der Waals surface area contributed by atoms with Crippen LogP contribution < -0.4 is 0 Å². The standard InChI is InChI=1S/C26H40N2O2S/c1-2-3-4-5-6-7-8-9-10-11-12-13-14-15-16-17-20-31(29,30)26-19-18-24(22-27)25(21-26)23-28/h18-19,21H,2-17,20H2,1H3. The van der Waals surface area contributed by atoms with Gasteiger partial charge >= 0.3 is 0 Å². The van der Waals surface area contributed by atoms with Crippen LogP contribution in [0.15, 0.2) is 23.1 Å². The highest BCUT2D eigenvalue weighted by Crippen LogP contribution is 2.19. The molecule has 0 bridgehead atoms. The number of sulfone groups is 1. The lowest BCUT2D eigenvalue weighted by molar-refractivity contribution is 0.531. The van der Waals surface area contributed by atoms with Crippen molar-refractivity contribution in [2.45, 2.75) is 115 Å². The Labute approximate surface area is 190 Å². The van der Waals surface area contributed by atoms with E-state index in [-0.39, 0.29) is 21.8 Å². The lowest BCUT2D eigenvalue weighted by Crippen LogP contribution is -2.07. The molecule has 0 saturated carbocycles. The van der Waals surface area contributed by atoms with Gasteiger partial charge in [-0.3, -0.25) is 0 Å². The van der Waals surface area contributed by atoms with E-state index in [0.717, 1.165) is 12.8 Å². The maximum absolute atomic E-state index is 12.5. The van der Waals surface area contributed by atoms with Gasteiger partial charge in [-0.05, 0) is 24.6 Å². The first-order valence-electron chi connectivity index (χ1n) is 12.2. The van der Waals surface area contributed by atoms with Crippen LogP contribution in [0.5, 0.6) is 0 Å². The highest BCUT2D eigenvalue weighted by atomic mass is 32.2. The summed E-state index contributed by atoms with van der Waals surface area (Å²) in [5.41, 5.74) is 0.333. The number of nitriles is 2. The van der Waals surface area contributed by atoms with Crippen LogP contribution in [0.25, 0.3) is 0 Å². The molecule has 0 fully saturated rings. The molecule has 0 radical (unpaired) electrons. The summed E-state index contributed by atoms with van der Waals surface area (Å²) in [6.45, 7) is 2.26. The van der Waals surface area contributed by atoms with Crippen molar-refractivity contribution in [2.24, 2.45) is 0 Å². The molecule has 0 atom stereocenters. The van der Waals surface area contributed by atoms with Gasteiger partial charge in [0.1, 0.15) is 12.1 Å². The predicted octanol–water partition coefficient (Wildman–Crippen LogP) is 7.47. The van der Waals surface area contributed by atoms with Crippen LogP contribution in [0.1, 0.15) is 121 Å². The fourth-order valence-corrected chi connectivity index (χ4v) is 5.26. The van der Waals surface area contributed by atoms with E-state index >= 15 is 0 Å². The van der Waals surface area contributed by atoms with Gasteiger partial charge in [0, 0.05) is 0 Å². The number of hydrogen-bond acceptors (Lipinski definition) is 4. The second-order valence-corrected chi connectivity index (χ2v) is 10.7. The van der Waals surface area contributed by atoms with Crippen molar-refractivity contribution < 1.29 is 8.42 Å². The molecule has 172 valence electrons. The molecule has 0 N–H and O–H groups in total. The van der Waals surface area contributed by atoms with Crippen molar-refractivity contribution in [1.82, 2.24) is 0 Å². The third-order valence-corrected chi connectivity index (χ3v) is 7.66. The van der Waals surface area contributed by atoms with E-state index in [0.29, 0.717) is 6.42 Å². The number of benzene rings is 1. The molecule has 0 unspecified atom stereocenters. The molecule has 0 aliphatic heterocycles. The normalized spacial score (nSPS) is 11.2. The van der Waals surface area contributed by atoms with Gasteiger partial charge in [0.15, 0.2) is 9.84 Å². The van der Waals surface area contributed by atoms with Gasteiger partial charge in [-0.1, -0.05) is 103 Å². The van der Waals surface area contributed by atoms with Crippen LogP contribution in [-0.4, -0.2) is 14.2 Å². The monoisotopic (exact) mass is 444 g/mol. The van der Waals surface area contributed by atoms with E-state index in [1.54, 1.807) is 0 Å². The third-order valence-electron chi connectivity index (χ3n) is 5.86. The molecule has 0 spiro atoms. The van der Waals surface area contributed by atoms with Gasteiger partial charge in [-0.25, -0.2) is 8.42 Å². The number of rotatable bonds is 18. The van der Waals surface area contributed by atoms with E-state index in [1.165, 1.54) is 102 Å². The van der Waals surface area contributed by atoms with Crippen molar-refractivity contribution in [3.8, 4) is 12.1 Å². The van der Waals surface area contributed by atoms with Crippen molar-refractivity contribution in [3.63, 3.8) is 0 Å². The summed E-state index contributed by atoms with van der Waals surface area (Å²) >= 11 is 0. The highest BCUT2D eigenvalue weighted by molar-refractivity contribution is 7.91. The zero-order chi connectivity index (χ0) is 22.8. The van der Waals surface area contributed by atoms with Gasteiger partial charge in [-0.15, -0.1) is 0 Å². The summed E-state index contributed by atoms with van der Waals surface area (Å²) in [6.07, 6.45) is 20.1. The molecular weight excluding hydrogens is 404 g/mol. The highest BCUT2D eigenvalue weighted by Gasteiger charge is 2.16. The smallest absolute Gasteiger partial charge is 0.178 e. The summed E-state index contributed by atoms with van der Waals surface area (Å²) in [5.74, 6) is 0.0994. The molecular formula is C26H40N2O2S. The second-order valence-electron chi connectivity index (χ2n) is 8.55. The Hall–Kier alpha value is -1.85. The summed E-state index contributed by atoms with van der Waals surface area (Å²) in [5, 5.41) is 18.0. The SMILES string of the molecule is CCCCCCCCCCCCCCCCCCS(=O)(=O)c1ccc(C#N)c(C#N)c1. The van der Waals surface area contributed by atoms with E-state index in [2.05, 4.69) is 6.92 Å². The maximum atomic E-state index is 12.5. The molecule has 5 heteroatoms. The topological polar surface area (TPSA) is 81.7 Å². The van der Waals surface area contributed by atoms with Gasteiger partial charge in [-0.2, -0.15) is 10.5 Å². The number of nitrogens with zero attached hydrogens (tertiary/aromatic N) is 2. The van der Waals surface area contributed by atoms with Crippen molar-refractivity contribution in [3.05, 3.63) is 29.3 Å². The van der Waals surface area contributed by atoms with Gasteiger partial charge in [0.25, 0.3) is 0 Å². The van der Waals surface area contributed by atoms with Crippen molar-refractivity contribution in [2.75, 3.05) is 5.75 Å². The van der Waals surface area contributed by atoms with Crippen LogP contribution in [0.4, 0.5) is 0 Å². The third kappa shape index (κ3) is 11.9. The van der Waals surface area contributed by atoms with Gasteiger partial charge in [0.2, 0.25) is 0 Å². The Morgan fingerprint density at radius 3 is 1.48 bits per heavy atom. The molecule has 4 nitrogen and oxygen atoms in total. The Balaban J connectivity index is 2.04. The first-order valence-corrected chi connectivity index (χ1v) is 13.9. The minimum Gasteiger partial charge on any atom is -0.224 e. The average molecular weight is 445 g/mol. The summed E-state index contributed by atoms with van der Waals surface area (Å²) in [6, 6.07) is 7.97. The van der Waals surface area contributed by atoms with Crippen LogP contribution in [0.3, 0.4) is 0 Å². The number of hydrogen-bond donors (Lipinski definition) is 0. The lowest BCUT2D eigenvalue weighted by Gasteiger charge is -2.06. The molecule has 31 heavy (non-hydrogen) atoms. The van der Waals surface area contributed by atoms with E-state index < -0.39 is 9.84 Å². The predicted molar refractivity (Wildman–Crippen MR) is 127 cm³/mol. The Morgan fingerprint density at radius 1 is 0.645 bits per heavy atom. The summed E-state index contributed by atoms with van der Waals surface area (Å²) < 4.78 is 24.9. The van der Waals surface area contributed by atoms with Crippen LogP contribution in [-0.2, 0) is 9.84 Å². The zero-order valence-corrected chi connectivity index (χ0v) is 20.2. The van der Waals surface area contributed by atoms with Gasteiger partial charge in [0.05, 0.1) is 21.8 Å². The van der Waals surface area contributed by atoms with E-state index in [4.69, 9.17) is 10.5 Å². The molecule has 1 aromatic rings. The van der Waals surface area contributed by atoms with Gasteiger partial charge < -0.3 is 0 Å². The molecule has 0 aliphatic rings. The molecule has 0 aliphatic carbocycles. The summed E-state index contributed by atoms with van der Waals surface area (Å²) in [4.78, 5) is 0.143. The molecule has 1 aromatic carbocycles. The Kier molecular flexibility index (Phi) is 14.7. The molecule has 0 heterocycles. The Morgan fingerprint density at radius 2 is 1.06 bits per heavy atom. The van der Waals surface area contributed by atoms with E-state index in [1.807, 2.05) is 12.1 Å². The largest absolute Gasteiger partial charge is 0.224 e. The van der Waals surface area contributed by atoms with Crippen molar-refractivity contribution >= 4 is 9.84 Å². The first-order chi connectivity index (χ1) is 15.0.